The number of anilines is 1. The van der Waals surface area contributed by atoms with Crippen LogP contribution in [0.5, 0.6) is 0 Å². The highest BCUT2D eigenvalue weighted by atomic mass is 32.2. The molecule has 0 aliphatic carbocycles. The number of carbonyl (C=O) groups is 1. The molecule has 0 bridgehead atoms. The Morgan fingerprint density at radius 3 is 2.34 bits per heavy atom. The van der Waals surface area contributed by atoms with Crippen molar-refractivity contribution in [3.05, 3.63) is 48.3 Å². The number of pyridine rings is 1. The lowest BCUT2D eigenvalue weighted by atomic mass is 10.3. The van der Waals surface area contributed by atoms with Gasteiger partial charge in [0.2, 0.25) is 0 Å². The minimum absolute atomic E-state index is 0.204. The molecule has 1 aliphatic heterocycles. The first-order chi connectivity index (χ1) is 13.8. The fraction of sp³-hybridized carbons (Fsp3) is 0.278. The van der Waals surface area contributed by atoms with Gasteiger partial charge >= 0.3 is 6.18 Å². The Hall–Kier alpha value is -3.13. The molecule has 2 aromatic rings. The van der Waals surface area contributed by atoms with Gasteiger partial charge in [-0.05, 0) is 25.5 Å². The van der Waals surface area contributed by atoms with Crippen LogP contribution in [0, 0.1) is 12.8 Å². The van der Waals surface area contributed by atoms with Gasteiger partial charge in [-0.1, -0.05) is 11.8 Å². The third-order valence-electron chi connectivity index (χ3n) is 3.25. The quantitative estimate of drug-likeness (QED) is 0.717. The number of amides is 1. The van der Waals surface area contributed by atoms with E-state index in [9.17, 15) is 18.0 Å². The number of rotatable bonds is 2. The van der Waals surface area contributed by atoms with E-state index in [2.05, 4.69) is 45.0 Å². The van der Waals surface area contributed by atoms with E-state index in [1.54, 1.807) is 11.8 Å². The summed E-state index contributed by atoms with van der Waals surface area (Å²) in [6.45, 7) is 2.09. The van der Waals surface area contributed by atoms with E-state index in [0.717, 1.165) is 17.1 Å². The molecule has 3 heterocycles. The van der Waals surface area contributed by atoms with E-state index in [1.807, 2.05) is 0 Å². The predicted octanol–water partition coefficient (Wildman–Crippen LogP) is 3.22. The lowest BCUT2D eigenvalue weighted by Gasteiger charge is -2.12. The molecular formula is C18H19F3N6OS. The second-order valence-corrected chi connectivity index (χ2v) is 6.54. The van der Waals surface area contributed by atoms with E-state index in [4.69, 9.17) is 5.73 Å². The number of hydrogen-bond acceptors (Lipinski definition) is 7. The molecule has 7 nitrogen and oxygen atoms in total. The van der Waals surface area contributed by atoms with Gasteiger partial charge in [-0.2, -0.15) is 13.2 Å². The number of nitrogens with zero attached hydrogens (tertiary/aromatic N) is 4. The lowest BCUT2D eigenvalue weighted by molar-refractivity contribution is -0.141. The normalized spacial score (nSPS) is 15.5. The number of aliphatic imine (C=N–C) groups is 1. The predicted molar refractivity (Wildman–Crippen MR) is 107 cm³/mol. The van der Waals surface area contributed by atoms with Crippen molar-refractivity contribution in [2.45, 2.75) is 25.6 Å². The Morgan fingerprint density at radius 2 is 1.90 bits per heavy atom. The molecule has 1 amide bonds. The minimum Gasteiger partial charge on any atom is -0.379 e. The summed E-state index contributed by atoms with van der Waals surface area (Å²) in [6.07, 6.45) is 8.82. The maximum atomic E-state index is 12.3. The molecule has 11 heteroatoms. The summed E-state index contributed by atoms with van der Waals surface area (Å²) in [5.74, 6) is 0.490. The molecule has 3 rings (SSSR count). The first-order valence-corrected chi connectivity index (χ1v) is 9.14. The number of nitrogens with two attached hydrogens (primary N) is 1. The van der Waals surface area contributed by atoms with Gasteiger partial charge in [-0.3, -0.25) is 14.8 Å². The Labute approximate surface area is 170 Å². The molecular weight excluding hydrogens is 405 g/mol. The average molecular weight is 424 g/mol. The van der Waals surface area contributed by atoms with Gasteiger partial charge in [-0.25, -0.2) is 9.97 Å². The second kappa shape index (κ2) is 11.7. The summed E-state index contributed by atoms with van der Waals surface area (Å²) in [4.78, 5) is 26.1. The SMILES string of the molecule is C#C.C[C@H]1CCSC(N)=N1.O=C(Nc1ccncc1)c1cnc(C(F)(F)F)cn1. The van der Waals surface area contributed by atoms with Crippen LogP contribution in [0.1, 0.15) is 29.5 Å². The number of halogens is 3. The van der Waals surface area contributed by atoms with Crippen LogP contribution in [0.25, 0.3) is 0 Å². The smallest absolute Gasteiger partial charge is 0.379 e. The molecule has 1 aliphatic rings. The maximum Gasteiger partial charge on any atom is 0.434 e. The number of nitrogens with one attached hydrogen (secondary N) is 1. The molecule has 0 saturated heterocycles. The van der Waals surface area contributed by atoms with Crippen molar-refractivity contribution in [1.82, 2.24) is 15.0 Å². The minimum atomic E-state index is -4.58. The summed E-state index contributed by atoms with van der Waals surface area (Å²) in [5.41, 5.74) is 4.55. The standard InChI is InChI=1S/C11H7F3N4O.C5H10N2S.C2H2/c12-11(13,14)9-6-16-8(5-17-9)10(19)18-7-1-3-15-4-2-7;1-4-2-3-8-5(6)7-4;1-2/h1-6H,(H,15,18,19);4H,2-3H2,1H3,(H2,6,7);1-2H/t;4-;/m.0./s1. The van der Waals surface area contributed by atoms with Crippen molar-refractivity contribution >= 4 is 28.5 Å². The maximum absolute atomic E-state index is 12.3. The van der Waals surface area contributed by atoms with Crippen LogP contribution in [0.4, 0.5) is 18.9 Å². The molecule has 0 spiro atoms. The number of hydrogen-bond donors (Lipinski definition) is 2. The topological polar surface area (TPSA) is 106 Å². The van der Waals surface area contributed by atoms with Gasteiger partial charge in [0.15, 0.2) is 10.9 Å². The highest BCUT2D eigenvalue weighted by molar-refractivity contribution is 8.13. The number of aromatic nitrogens is 3. The summed E-state index contributed by atoms with van der Waals surface area (Å²) >= 11 is 1.65. The lowest BCUT2D eigenvalue weighted by Crippen LogP contribution is -2.17. The number of amidine groups is 1. The summed E-state index contributed by atoms with van der Waals surface area (Å²) < 4.78 is 36.8. The third-order valence-corrected chi connectivity index (χ3v) is 4.09. The van der Waals surface area contributed by atoms with Crippen LogP contribution in [0.2, 0.25) is 0 Å². The highest BCUT2D eigenvalue weighted by Crippen LogP contribution is 2.26. The Balaban J connectivity index is 0.000000351. The van der Waals surface area contributed by atoms with Crippen molar-refractivity contribution in [3.63, 3.8) is 0 Å². The van der Waals surface area contributed by atoms with Crippen molar-refractivity contribution in [1.29, 1.82) is 0 Å². The highest BCUT2D eigenvalue weighted by Gasteiger charge is 2.33. The Morgan fingerprint density at radius 1 is 1.24 bits per heavy atom. The van der Waals surface area contributed by atoms with Crippen molar-refractivity contribution in [2.75, 3.05) is 11.1 Å². The molecule has 1 atom stereocenters. The molecule has 29 heavy (non-hydrogen) atoms. The number of carbonyl (C=O) groups excluding carboxylic acids is 1. The molecule has 0 unspecified atom stereocenters. The number of alkyl halides is 3. The van der Waals surface area contributed by atoms with Crippen LogP contribution < -0.4 is 11.1 Å². The van der Waals surface area contributed by atoms with E-state index >= 15 is 0 Å². The van der Waals surface area contributed by atoms with Crippen LogP contribution in [-0.4, -0.2) is 37.8 Å². The van der Waals surface area contributed by atoms with Gasteiger partial charge in [-0.15, -0.1) is 12.8 Å². The van der Waals surface area contributed by atoms with Crippen LogP contribution in [0.3, 0.4) is 0 Å². The Bertz CT molecular complexity index is 825. The summed E-state index contributed by atoms with van der Waals surface area (Å²) in [6, 6.07) is 3.53. The first-order valence-electron chi connectivity index (χ1n) is 8.15. The molecule has 0 radical (unpaired) electrons. The molecule has 154 valence electrons. The monoisotopic (exact) mass is 424 g/mol. The zero-order valence-corrected chi connectivity index (χ0v) is 16.2. The van der Waals surface area contributed by atoms with Crippen molar-refractivity contribution < 1.29 is 18.0 Å². The van der Waals surface area contributed by atoms with Crippen molar-refractivity contribution in [3.8, 4) is 12.8 Å². The van der Waals surface area contributed by atoms with E-state index in [0.29, 0.717) is 17.9 Å². The number of terminal acetylenes is 1. The summed E-state index contributed by atoms with van der Waals surface area (Å²) in [5, 5.41) is 3.21. The molecule has 0 aromatic carbocycles. The second-order valence-electron chi connectivity index (χ2n) is 5.43. The Kier molecular flexibility index (Phi) is 9.61. The largest absolute Gasteiger partial charge is 0.434 e. The van der Waals surface area contributed by atoms with E-state index < -0.39 is 17.8 Å². The zero-order valence-electron chi connectivity index (χ0n) is 15.4. The molecule has 0 fully saturated rings. The van der Waals surface area contributed by atoms with Gasteiger partial charge in [0.1, 0.15) is 5.69 Å². The summed E-state index contributed by atoms with van der Waals surface area (Å²) in [7, 11) is 0. The van der Waals surface area contributed by atoms with Gasteiger partial charge in [0, 0.05) is 23.8 Å². The fourth-order valence-electron chi connectivity index (χ4n) is 1.88. The van der Waals surface area contributed by atoms with E-state index in [-0.39, 0.29) is 5.69 Å². The zero-order chi connectivity index (χ0) is 21.9. The van der Waals surface area contributed by atoms with Crippen LogP contribution in [0.15, 0.2) is 41.9 Å². The van der Waals surface area contributed by atoms with Gasteiger partial charge < -0.3 is 11.1 Å². The third kappa shape index (κ3) is 8.61. The van der Waals surface area contributed by atoms with Crippen LogP contribution >= 0.6 is 11.8 Å². The molecule has 0 saturated carbocycles. The fourth-order valence-corrected chi connectivity index (χ4v) is 2.80. The average Bonchev–Trinajstić information content (AvgIpc) is 2.70. The van der Waals surface area contributed by atoms with Crippen LogP contribution in [-0.2, 0) is 6.18 Å². The van der Waals surface area contributed by atoms with Crippen molar-refractivity contribution in [2.24, 2.45) is 10.7 Å². The van der Waals surface area contributed by atoms with Gasteiger partial charge in [0.05, 0.1) is 18.4 Å². The van der Waals surface area contributed by atoms with Gasteiger partial charge in [0.25, 0.3) is 5.91 Å². The first kappa shape index (κ1) is 23.9. The van der Waals surface area contributed by atoms with E-state index in [1.165, 1.54) is 30.9 Å². The number of thioether (sulfide) groups is 1. The molecule has 3 N–H and O–H groups in total. The molecule has 2 aromatic heterocycles.